The monoisotopic (exact) mass is 310 g/mol. The van der Waals surface area contributed by atoms with Crippen LogP contribution in [0.4, 0.5) is 4.39 Å². The van der Waals surface area contributed by atoms with Gasteiger partial charge in [-0.05, 0) is 68.9 Å². The second-order valence-corrected chi connectivity index (χ2v) is 5.87. The van der Waals surface area contributed by atoms with Gasteiger partial charge in [0.05, 0.1) is 13.2 Å². The molecule has 124 valence electrons. The number of nitrogens with two attached hydrogens (primary N) is 1. The average molecular weight is 310 g/mol. The van der Waals surface area contributed by atoms with Gasteiger partial charge in [0, 0.05) is 6.54 Å². The third-order valence-corrected chi connectivity index (χ3v) is 4.56. The Morgan fingerprint density at radius 3 is 2.68 bits per heavy atom. The van der Waals surface area contributed by atoms with E-state index in [2.05, 4.69) is 4.90 Å². The quantitative estimate of drug-likeness (QED) is 0.808. The summed E-state index contributed by atoms with van der Waals surface area (Å²) in [6.07, 6.45) is 2.08. The molecule has 1 atom stereocenters. The molecule has 0 aliphatic carbocycles. The highest BCUT2D eigenvalue weighted by atomic mass is 19.1. The molecule has 1 heterocycles. The lowest BCUT2D eigenvalue weighted by Crippen LogP contribution is -2.38. The van der Waals surface area contributed by atoms with Crippen molar-refractivity contribution in [1.82, 2.24) is 4.90 Å². The van der Waals surface area contributed by atoms with Crippen LogP contribution in [0.1, 0.15) is 31.2 Å². The Morgan fingerprint density at radius 2 is 2.14 bits per heavy atom. The maximum atomic E-state index is 14.1. The lowest BCUT2D eigenvalue weighted by atomic mass is 9.80. The minimum atomic E-state index is -0.310. The van der Waals surface area contributed by atoms with Gasteiger partial charge < -0.3 is 20.5 Å². The van der Waals surface area contributed by atoms with Crippen molar-refractivity contribution in [3.8, 4) is 5.75 Å². The van der Waals surface area contributed by atoms with Crippen molar-refractivity contribution in [2.24, 2.45) is 11.7 Å². The molecular formula is C17H27FN2O2. The zero-order valence-electron chi connectivity index (χ0n) is 13.3. The number of aliphatic hydroxyl groups excluding tert-OH is 1. The van der Waals surface area contributed by atoms with E-state index in [1.165, 1.54) is 0 Å². The molecular weight excluding hydrogens is 283 g/mol. The van der Waals surface area contributed by atoms with Crippen molar-refractivity contribution >= 4 is 0 Å². The molecule has 0 radical (unpaired) electrons. The molecule has 5 heteroatoms. The largest absolute Gasteiger partial charge is 0.491 e. The van der Waals surface area contributed by atoms with Crippen LogP contribution in [0.5, 0.6) is 5.75 Å². The molecule has 1 aliphatic rings. The first-order valence-corrected chi connectivity index (χ1v) is 8.15. The van der Waals surface area contributed by atoms with Crippen LogP contribution < -0.4 is 10.5 Å². The van der Waals surface area contributed by atoms with Crippen molar-refractivity contribution in [2.75, 3.05) is 39.4 Å². The maximum absolute atomic E-state index is 14.1. The number of hydrogen-bond donors (Lipinski definition) is 2. The zero-order valence-corrected chi connectivity index (χ0v) is 13.3. The molecule has 2 rings (SSSR count). The fourth-order valence-corrected chi connectivity index (χ4v) is 3.34. The molecule has 0 saturated carbocycles. The normalized spacial score (nSPS) is 18.4. The number of aliphatic hydroxyl groups is 1. The molecule has 0 bridgehead atoms. The van der Waals surface area contributed by atoms with E-state index in [0.29, 0.717) is 24.8 Å². The van der Waals surface area contributed by atoms with E-state index < -0.39 is 0 Å². The van der Waals surface area contributed by atoms with E-state index in [1.807, 2.05) is 13.0 Å². The molecule has 4 nitrogen and oxygen atoms in total. The second-order valence-electron chi connectivity index (χ2n) is 5.87. The number of halogens is 1. The van der Waals surface area contributed by atoms with E-state index in [9.17, 15) is 4.39 Å². The van der Waals surface area contributed by atoms with Crippen molar-refractivity contribution in [2.45, 2.75) is 25.7 Å². The number of piperidine rings is 1. The van der Waals surface area contributed by atoms with E-state index in [-0.39, 0.29) is 18.3 Å². The van der Waals surface area contributed by atoms with Gasteiger partial charge in [-0.1, -0.05) is 6.07 Å². The molecule has 1 unspecified atom stereocenters. The van der Waals surface area contributed by atoms with Gasteiger partial charge in [-0.2, -0.15) is 0 Å². The predicted octanol–water partition coefficient (Wildman–Crippen LogP) is 1.97. The molecule has 0 spiro atoms. The number of β-amino-alcohol motifs (C(OH)–C–C–N with tert-alkyl or cyclic N) is 1. The Hall–Kier alpha value is -1.17. The highest BCUT2D eigenvalue weighted by Gasteiger charge is 2.27. The Labute approximate surface area is 132 Å². The summed E-state index contributed by atoms with van der Waals surface area (Å²) in [4.78, 5) is 2.27. The summed E-state index contributed by atoms with van der Waals surface area (Å²) in [5.41, 5.74) is 6.93. The summed E-state index contributed by atoms with van der Waals surface area (Å²) >= 11 is 0. The Kier molecular flexibility index (Phi) is 6.61. The third-order valence-electron chi connectivity index (χ3n) is 4.56. The first-order chi connectivity index (χ1) is 10.7. The molecule has 0 amide bonds. The smallest absolute Gasteiger partial charge is 0.165 e. The number of rotatable bonds is 7. The maximum Gasteiger partial charge on any atom is 0.165 e. The van der Waals surface area contributed by atoms with Gasteiger partial charge in [-0.25, -0.2) is 4.39 Å². The van der Waals surface area contributed by atoms with Crippen LogP contribution in [0.2, 0.25) is 0 Å². The van der Waals surface area contributed by atoms with Gasteiger partial charge >= 0.3 is 0 Å². The van der Waals surface area contributed by atoms with Gasteiger partial charge in [0.15, 0.2) is 11.6 Å². The van der Waals surface area contributed by atoms with Crippen molar-refractivity contribution < 1.29 is 14.2 Å². The average Bonchev–Trinajstić information content (AvgIpc) is 2.53. The molecule has 1 aliphatic heterocycles. The van der Waals surface area contributed by atoms with Gasteiger partial charge in [0.25, 0.3) is 0 Å². The topological polar surface area (TPSA) is 58.7 Å². The summed E-state index contributed by atoms with van der Waals surface area (Å²) in [5.74, 6) is 0.647. The lowest BCUT2D eigenvalue weighted by Gasteiger charge is -2.35. The first kappa shape index (κ1) is 17.2. The minimum Gasteiger partial charge on any atom is -0.491 e. The summed E-state index contributed by atoms with van der Waals surface area (Å²) in [6, 6.07) is 5.21. The second kappa shape index (κ2) is 8.46. The zero-order chi connectivity index (χ0) is 15.9. The van der Waals surface area contributed by atoms with Crippen molar-refractivity contribution in [1.29, 1.82) is 0 Å². The molecule has 0 aromatic heterocycles. The number of benzene rings is 1. The number of nitrogens with zero attached hydrogens (tertiary/aromatic N) is 1. The van der Waals surface area contributed by atoms with Crippen LogP contribution in [0, 0.1) is 11.7 Å². The van der Waals surface area contributed by atoms with Crippen LogP contribution in [0.15, 0.2) is 18.2 Å². The third kappa shape index (κ3) is 4.18. The van der Waals surface area contributed by atoms with Crippen LogP contribution in [0.25, 0.3) is 0 Å². The fraction of sp³-hybridized carbons (Fsp3) is 0.647. The Bertz CT molecular complexity index is 462. The molecule has 1 saturated heterocycles. The SMILES string of the molecule is CCOc1ccc(C(CN)C2CCN(CCO)CC2)cc1F. The van der Waals surface area contributed by atoms with E-state index in [0.717, 1.165) is 38.0 Å². The predicted molar refractivity (Wildman–Crippen MR) is 85.6 cm³/mol. The van der Waals surface area contributed by atoms with Gasteiger partial charge in [0.2, 0.25) is 0 Å². The minimum absolute atomic E-state index is 0.182. The van der Waals surface area contributed by atoms with Crippen molar-refractivity contribution in [3.63, 3.8) is 0 Å². The lowest BCUT2D eigenvalue weighted by molar-refractivity contribution is 0.138. The first-order valence-electron chi connectivity index (χ1n) is 8.15. The fourth-order valence-electron chi connectivity index (χ4n) is 3.34. The van der Waals surface area contributed by atoms with E-state index in [4.69, 9.17) is 15.6 Å². The highest BCUT2D eigenvalue weighted by Crippen LogP contribution is 2.33. The van der Waals surface area contributed by atoms with Crippen LogP contribution >= 0.6 is 0 Å². The van der Waals surface area contributed by atoms with Gasteiger partial charge in [-0.15, -0.1) is 0 Å². The molecule has 3 N–H and O–H groups in total. The summed E-state index contributed by atoms with van der Waals surface area (Å²) < 4.78 is 19.3. The van der Waals surface area contributed by atoms with Crippen LogP contribution in [0.3, 0.4) is 0 Å². The van der Waals surface area contributed by atoms with Crippen molar-refractivity contribution in [3.05, 3.63) is 29.6 Å². The Balaban J connectivity index is 2.04. The number of likely N-dealkylation sites (tertiary alicyclic amines) is 1. The van der Waals surface area contributed by atoms with E-state index >= 15 is 0 Å². The Morgan fingerprint density at radius 1 is 1.41 bits per heavy atom. The molecule has 22 heavy (non-hydrogen) atoms. The highest BCUT2D eigenvalue weighted by molar-refractivity contribution is 5.32. The van der Waals surface area contributed by atoms with Crippen LogP contribution in [-0.4, -0.2) is 49.4 Å². The summed E-state index contributed by atoms with van der Waals surface area (Å²) in [7, 11) is 0. The summed E-state index contributed by atoms with van der Waals surface area (Å²) in [5, 5.41) is 9.00. The summed E-state index contributed by atoms with van der Waals surface area (Å²) in [6.45, 7) is 5.71. The standard InChI is InChI=1S/C17H27FN2O2/c1-2-22-17-4-3-14(11-16(17)18)15(12-19)13-5-7-20(8-6-13)9-10-21/h3-4,11,13,15,21H,2,5-10,12,19H2,1H3. The number of hydrogen-bond acceptors (Lipinski definition) is 4. The molecule has 1 aromatic carbocycles. The molecule has 1 aromatic rings. The van der Waals surface area contributed by atoms with Gasteiger partial charge in [0.1, 0.15) is 0 Å². The van der Waals surface area contributed by atoms with Crippen LogP contribution in [-0.2, 0) is 0 Å². The van der Waals surface area contributed by atoms with E-state index in [1.54, 1.807) is 12.1 Å². The number of ether oxygens (including phenoxy) is 1. The molecule has 1 fully saturated rings. The van der Waals surface area contributed by atoms with Gasteiger partial charge in [-0.3, -0.25) is 0 Å².